The molecule has 3 aliphatic rings. The molecule has 2 atom stereocenters. The van der Waals surface area contributed by atoms with Crippen LogP contribution in [0, 0.1) is 24.7 Å². The number of hydrogen-bond acceptors (Lipinski definition) is 4. The van der Waals surface area contributed by atoms with Crippen LogP contribution >= 0.6 is 24.0 Å². The van der Waals surface area contributed by atoms with Crippen LogP contribution in [0.25, 0.3) is 0 Å². The highest BCUT2D eigenvalue weighted by Crippen LogP contribution is 2.48. The van der Waals surface area contributed by atoms with Gasteiger partial charge in [-0.05, 0) is 74.1 Å². The van der Waals surface area contributed by atoms with E-state index in [4.69, 9.17) is 21.8 Å². The van der Waals surface area contributed by atoms with Gasteiger partial charge in [0.2, 0.25) is 5.91 Å². The first-order chi connectivity index (χ1) is 16.7. The van der Waals surface area contributed by atoms with Gasteiger partial charge in [-0.15, -0.1) is 22.6 Å². The van der Waals surface area contributed by atoms with Gasteiger partial charge >= 0.3 is 0 Å². The van der Waals surface area contributed by atoms with Crippen molar-refractivity contribution in [2.45, 2.75) is 84.1 Å². The molecule has 2 aliphatic carbocycles. The number of hydrogen-bond donors (Lipinski definition) is 0. The first-order valence-electron chi connectivity index (χ1n) is 13.2. The lowest BCUT2D eigenvalue weighted by Crippen LogP contribution is -2.28. The third-order valence-corrected chi connectivity index (χ3v) is 8.48. The third-order valence-electron chi connectivity index (χ3n) is 8.25. The SMILES string of the molecule is CC(=O)N1C[C@H](C(=O)Cc2ccc(Cl)cc2C)[C@@H](c2nnc(C3CC(CC(C)C)C3)n2C2CC2)C1.Cl. The van der Waals surface area contributed by atoms with Crippen LogP contribution in [-0.2, 0) is 16.0 Å². The summed E-state index contributed by atoms with van der Waals surface area (Å²) >= 11 is 6.12. The minimum atomic E-state index is -0.265. The molecule has 2 heterocycles. The first-order valence-corrected chi connectivity index (χ1v) is 13.6. The normalized spacial score (nSPS) is 25.6. The van der Waals surface area contributed by atoms with Gasteiger partial charge in [-0.1, -0.05) is 31.5 Å². The van der Waals surface area contributed by atoms with E-state index in [1.807, 2.05) is 30.0 Å². The van der Waals surface area contributed by atoms with E-state index in [-0.39, 0.29) is 35.9 Å². The van der Waals surface area contributed by atoms with E-state index in [9.17, 15) is 9.59 Å². The molecule has 36 heavy (non-hydrogen) atoms. The topological polar surface area (TPSA) is 68.1 Å². The smallest absolute Gasteiger partial charge is 0.219 e. The van der Waals surface area contributed by atoms with Crippen molar-refractivity contribution in [3.63, 3.8) is 0 Å². The van der Waals surface area contributed by atoms with Crippen LogP contribution in [0.2, 0.25) is 5.02 Å². The minimum absolute atomic E-state index is 0. The van der Waals surface area contributed by atoms with Crippen LogP contribution in [0.1, 0.15) is 93.5 Å². The second-order valence-corrected chi connectivity index (χ2v) is 12.0. The molecule has 1 saturated heterocycles. The highest BCUT2D eigenvalue weighted by Gasteiger charge is 2.45. The number of halogens is 2. The van der Waals surface area contributed by atoms with E-state index < -0.39 is 0 Å². The number of benzene rings is 1. The summed E-state index contributed by atoms with van der Waals surface area (Å²) < 4.78 is 2.37. The number of carbonyl (C=O) groups is 2. The van der Waals surface area contributed by atoms with Gasteiger partial charge in [-0.3, -0.25) is 9.59 Å². The number of aromatic nitrogens is 3. The Morgan fingerprint density at radius 1 is 1.11 bits per heavy atom. The Morgan fingerprint density at radius 3 is 2.42 bits per heavy atom. The van der Waals surface area contributed by atoms with Gasteiger partial charge in [0.15, 0.2) is 0 Å². The van der Waals surface area contributed by atoms with Gasteiger partial charge in [-0.2, -0.15) is 0 Å². The molecule has 2 aromatic rings. The van der Waals surface area contributed by atoms with E-state index in [1.54, 1.807) is 6.92 Å². The van der Waals surface area contributed by atoms with E-state index in [1.165, 1.54) is 19.3 Å². The average molecular weight is 534 g/mol. The largest absolute Gasteiger partial charge is 0.341 e. The van der Waals surface area contributed by atoms with E-state index >= 15 is 0 Å². The first kappa shape index (κ1) is 27.1. The minimum Gasteiger partial charge on any atom is -0.341 e. The number of likely N-dealkylation sites (tertiary alicyclic amines) is 1. The van der Waals surface area contributed by atoms with E-state index in [2.05, 4.69) is 18.4 Å². The molecular formula is C28H38Cl2N4O2. The molecule has 0 radical (unpaired) electrons. The summed E-state index contributed by atoms with van der Waals surface area (Å²) in [5.41, 5.74) is 2.02. The van der Waals surface area contributed by atoms with Crippen molar-refractivity contribution in [2.75, 3.05) is 13.1 Å². The number of aryl methyl sites for hydroxylation is 1. The lowest BCUT2D eigenvalue weighted by atomic mass is 9.71. The molecule has 196 valence electrons. The summed E-state index contributed by atoms with van der Waals surface area (Å²) in [6, 6.07) is 6.13. The zero-order valence-corrected chi connectivity index (χ0v) is 23.3. The third kappa shape index (κ3) is 5.50. The maximum Gasteiger partial charge on any atom is 0.219 e. The maximum absolute atomic E-state index is 13.6. The number of Topliss-reactive ketones (excluding diaryl/α,β-unsaturated/α-hetero) is 1. The van der Waals surface area contributed by atoms with Crippen molar-refractivity contribution >= 4 is 35.7 Å². The number of ketones is 1. The molecular weight excluding hydrogens is 495 g/mol. The Morgan fingerprint density at radius 2 is 1.81 bits per heavy atom. The molecule has 0 unspecified atom stereocenters. The number of rotatable bonds is 8. The molecule has 0 spiro atoms. The predicted molar refractivity (Wildman–Crippen MR) is 144 cm³/mol. The van der Waals surface area contributed by atoms with Gasteiger partial charge < -0.3 is 9.47 Å². The van der Waals surface area contributed by atoms with Crippen LogP contribution in [0.15, 0.2) is 18.2 Å². The molecule has 1 aliphatic heterocycles. The van der Waals surface area contributed by atoms with Gasteiger partial charge in [0.25, 0.3) is 0 Å². The van der Waals surface area contributed by atoms with Gasteiger partial charge in [0, 0.05) is 55.3 Å². The van der Waals surface area contributed by atoms with Crippen LogP contribution in [0.4, 0.5) is 0 Å². The lowest BCUT2D eigenvalue weighted by Gasteiger charge is -2.36. The molecule has 6 nitrogen and oxygen atoms in total. The quantitative estimate of drug-likeness (QED) is 0.423. The average Bonchev–Trinajstić information content (AvgIpc) is 3.35. The summed E-state index contributed by atoms with van der Waals surface area (Å²) in [5.74, 6) is 3.82. The summed E-state index contributed by atoms with van der Waals surface area (Å²) in [5, 5.41) is 10.1. The van der Waals surface area contributed by atoms with E-state index in [0.29, 0.717) is 36.5 Å². The Hall–Kier alpha value is -1.92. The molecule has 0 bridgehead atoms. The van der Waals surface area contributed by atoms with Crippen LogP contribution in [0.5, 0.6) is 0 Å². The summed E-state index contributed by atoms with van der Waals surface area (Å²) in [7, 11) is 0. The number of amides is 1. The van der Waals surface area contributed by atoms with Crippen molar-refractivity contribution in [2.24, 2.45) is 17.8 Å². The summed E-state index contributed by atoms with van der Waals surface area (Å²) in [6.45, 7) is 9.16. The van der Waals surface area contributed by atoms with Crippen molar-refractivity contribution in [3.8, 4) is 0 Å². The Kier molecular flexibility index (Phi) is 8.16. The fourth-order valence-electron chi connectivity index (χ4n) is 6.19. The molecule has 3 fully saturated rings. The van der Waals surface area contributed by atoms with Crippen molar-refractivity contribution in [3.05, 3.63) is 46.0 Å². The number of nitrogens with zero attached hydrogens (tertiary/aromatic N) is 4. The van der Waals surface area contributed by atoms with E-state index in [0.717, 1.165) is 47.5 Å². The highest BCUT2D eigenvalue weighted by molar-refractivity contribution is 6.30. The fourth-order valence-corrected chi connectivity index (χ4v) is 6.41. The van der Waals surface area contributed by atoms with Crippen LogP contribution < -0.4 is 0 Å². The van der Waals surface area contributed by atoms with Crippen molar-refractivity contribution in [1.29, 1.82) is 0 Å². The zero-order valence-electron chi connectivity index (χ0n) is 21.7. The van der Waals surface area contributed by atoms with Crippen molar-refractivity contribution < 1.29 is 9.59 Å². The Balaban J connectivity index is 0.00000304. The number of carbonyl (C=O) groups excluding carboxylic acids is 2. The molecule has 8 heteroatoms. The second-order valence-electron chi connectivity index (χ2n) is 11.5. The molecule has 1 amide bonds. The molecule has 0 N–H and O–H groups in total. The predicted octanol–water partition coefficient (Wildman–Crippen LogP) is 5.91. The molecule has 2 saturated carbocycles. The van der Waals surface area contributed by atoms with Crippen molar-refractivity contribution in [1.82, 2.24) is 19.7 Å². The lowest BCUT2D eigenvalue weighted by molar-refractivity contribution is -0.128. The second kappa shape index (κ2) is 10.8. The van der Waals surface area contributed by atoms with Gasteiger partial charge in [0.1, 0.15) is 17.4 Å². The summed E-state index contributed by atoms with van der Waals surface area (Å²) in [4.78, 5) is 27.8. The maximum atomic E-state index is 13.6. The van der Waals surface area contributed by atoms with Crippen LogP contribution in [-0.4, -0.2) is 44.4 Å². The van der Waals surface area contributed by atoms with Gasteiger partial charge in [0.05, 0.1) is 0 Å². The Bertz CT molecular complexity index is 1120. The zero-order chi connectivity index (χ0) is 24.9. The van der Waals surface area contributed by atoms with Crippen LogP contribution in [0.3, 0.4) is 0 Å². The molecule has 5 rings (SSSR count). The monoisotopic (exact) mass is 532 g/mol. The summed E-state index contributed by atoms with van der Waals surface area (Å²) in [6.07, 6.45) is 6.28. The highest BCUT2D eigenvalue weighted by atomic mass is 35.5. The fraction of sp³-hybridized carbons (Fsp3) is 0.643. The Labute approximate surface area is 225 Å². The van der Waals surface area contributed by atoms with Gasteiger partial charge in [-0.25, -0.2) is 0 Å². The molecule has 1 aromatic carbocycles. The standard InChI is InChI=1S/C28H37ClN4O2.ClH/c1-16(2)9-19-11-21(12-19)27-30-31-28(33(27)23-7-8-23)25-15-32(18(4)34)14-24(25)26(35)13-20-5-6-22(29)10-17(20)3;/h5-6,10,16,19,21,23-25H,7-9,11-15H2,1-4H3;1H/t19?,21?,24-,25-;/m0./s1. The molecule has 1 aromatic heterocycles.